The van der Waals surface area contributed by atoms with Crippen LogP contribution in [0.3, 0.4) is 0 Å². The van der Waals surface area contributed by atoms with Crippen molar-refractivity contribution in [3.8, 4) is 0 Å². The number of nitrogens with two attached hydrogens (primary N) is 1. The zero-order valence-electron chi connectivity index (χ0n) is 9.20. The van der Waals surface area contributed by atoms with Gasteiger partial charge < -0.3 is 5.73 Å². The molecule has 2 nitrogen and oxygen atoms in total. The van der Waals surface area contributed by atoms with Gasteiger partial charge in [-0.05, 0) is 37.0 Å². The summed E-state index contributed by atoms with van der Waals surface area (Å²) in [6, 6.07) is -0.223. The highest BCUT2D eigenvalue weighted by Gasteiger charge is 2.44. The molecule has 3 unspecified atom stereocenters. The van der Waals surface area contributed by atoms with Gasteiger partial charge in [-0.15, -0.1) is 0 Å². The molecule has 80 valence electrons. The van der Waals surface area contributed by atoms with Crippen LogP contribution in [0.2, 0.25) is 0 Å². The first kappa shape index (κ1) is 10.2. The number of fused-ring (bicyclic) bond motifs is 2. The Morgan fingerprint density at radius 3 is 2.43 bits per heavy atom. The van der Waals surface area contributed by atoms with E-state index in [9.17, 15) is 4.79 Å². The van der Waals surface area contributed by atoms with Gasteiger partial charge in [-0.3, -0.25) is 4.79 Å². The Morgan fingerprint density at radius 1 is 1.29 bits per heavy atom. The number of ketones is 1. The first-order valence-electron chi connectivity index (χ1n) is 5.89. The van der Waals surface area contributed by atoms with Crippen LogP contribution < -0.4 is 5.73 Å². The zero-order valence-corrected chi connectivity index (χ0v) is 9.20. The molecule has 0 aromatic heterocycles. The van der Waals surface area contributed by atoms with E-state index < -0.39 is 0 Å². The van der Waals surface area contributed by atoms with Crippen LogP contribution in [0.1, 0.15) is 39.5 Å². The van der Waals surface area contributed by atoms with Crippen molar-refractivity contribution in [1.82, 2.24) is 0 Å². The standard InChI is InChI=1S/C12H21NO/c1-7(2)11(13)12(14)10-6-8-3-4-9(10)5-8/h7-11H,3-6,13H2,1-2H3/t8?,9?,10?,11-/m0/s1. The van der Waals surface area contributed by atoms with E-state index in [4.69, 9.17) is 5.73 Å². The fourth-order valence-electron chi connectivity index (χ4n) is 3.17. The Labute approximate surface area is 86.2 Å². The molecule has 0 heterocycles. The molecular formula is C12H21NO. The summed E-state index contributed by atoms with van der Waals surface area (Å²) >= 11 is 0. The maximum Gasteiger partial charge on any atom is 0.153 e. The summed E-state index contributed by atoms with van der Waals surface area (Å²) in [6.07, 6.45) is 5.04. The van der Waals surface area contributed by atoms with Gasteiger partial charge in [-0.25, -0.2) is 0 Å². The van der Waals surface area contributed by atoms with E-state index in [1.165, 1.54) is 19.3 Å². The highest BCUT2D eigenvalue weighted by atomic mass is 16.1. The lowest BCUT2D eigenvalue weighted by Crippen LogP contribution is -2.41. The van der Waals surface area contributed by atoms with Crippen molar-refractivity contribution in [2.75, 3.05) is 0 Å². The molecule has 2 saturated carbocycles. The summed E-state index contributed by atoms with van der Waals surface area (Å²) in [5.74, 6) is 2.46. The first-order valence-corrected chi connectivity index (χ1v) is 5.89. The minimum absolute atomic E-state index is 0.223. The fraction of sp³-hybridized carbons (Fsp3) is 0.917. The number of hydrogen-bond donors (Lipinski definition) is 1. The highest BCUT2D eigenvalue weighted by Crippen LogP contribution is 2.48. The lowest BCUT2D eigenvalue weighted by molar-refractivity contribution is -0.126. The van der Waals surface area contributed by atoms with E-state index in [1.54, 1.807) is 0 Å². The van der Waals surface area contributed by atoms with Crippen molar-refractivity contribution in [1.29, 1.82) is 0 Å². The SMILES string of the molecule is CC(C)[C@H](N)C(=O)C1CC2CCC1C2. The van der Waals surface area contributed by atoms with Gasteiger partial charge in [-0.2, -0.15) is 0 Å². The van der Waals surface area contributed by atoms with Crippen LogP contribution in [0, 0.1) is 23.7 Å². The van der Waals surface area contributed by atoms with Crippen LogP contribution in [0.25, 0.3) is 0 Å². The molecular weight excluding hydrogens is 174 g/mol. The van der Waals surface area contributed by atoms with Crippen LogP contribution in [0.5, 0.6) is 0 Å². The molecule has 2 bridgehead atoms. The van der Waals surface area contributed by atoms with E-state index in [0.717, 1.165) is 12.3 Å². The highest BCUT2D eigenvalue weighted by molar-refractivity contribution is 5.87. The number of rotatable bonds is 3. The van der Waals surface area contributed by atoms with Gasteiger partial charge in [-0.1, -0.05) is 20.3 Å². The summed E-state index contributed by atoms with van der Waals surface area (Å²) in [4.78, 5) is 12.1. The Kier molecular flexibility index (Phi) is 2.65. The maximum absolute atomic E-state index is 12.1. The molecule has 0 aromatic rings. The number of carbonyl (C=O) groups excluding carboxylic acids is 1. The van der Waals surface area contributed by atoms with Gasteiger partial charge in [0.25, 0.3) is 0 Å². The van der Waals surface area contributed by atoms with Crippen LogP contribution in [-0.2, 0) is 4.79 Å². The topological polar surface area (TPSA) is 43.1 Å². The van der Waals surface area contributed by atoms with Crippen LogP contribution in [-0.4, -0.2) is 11.8 Å². The van der Waals surface area contributed by atoms with E-state index >= 15 is 0 Å². The van der Waals surface area contributed by atoms with Crippen molar-refractivity contribution < 1.29 is 4.79 Å². The van der Waals surface area contributed by atoms with Crippen LogP contribution >= 0.6 is 0 Å². The van der Waals surface area contributed by atoms with Crippen molar-refractivity contribution >= 4 is 5.78 Å². The third-order valence-electron chi connectivity index (χ3n) is 4.15. The van der Waals surface area contributed by atoms with Gasteiger partial charge in [0, 0.05) is 5.92 Å². The predicted molar refractivity (Wildman–Crippen MR) is 56.8 cm³/mol. The largest absolute Gasteiger partial charge is 0.321 e. The van der Waals surface area contributed by atoms with E-state index in [2.05, 4.69) is 0 Å². The van der Waals surface area contributed by atoms with E-state index in [0.29, 0.717) is 23.5 Å². The van der Waals surface area contributed by atoms with Gasteiger partial charge >= 0.3 is 0 Å². The molecule has 14 heavy (non-hydrogen) atoms. The summed E-state index contributed by atoms with van der Waals surface area (Å²) < 4.78 is 0. The van der Waals surface area contributed by atoms with Crippen molar-refractivity contribution in [2.24, 2.45) is 29.4 Å². The Morgan fingerprint density at radius 2 is 2.00 bits per heavy atom. The molecule has 0 radical (unpaired) electrons. The number of carbonyl (C=O) groups is 1. The van der Waals surface area contributed by atoms with Crippen molar-refractivity contribution in [2.45, 2.75) is 45.6 Å². The lowest BCUT2D eigenvalue weighted by atomic mass is 9.81. The second-order valence-corrected chi connectivity index (χ2v) is 5.45. The quantitative estimate of drug-likeness (QED) is 0.748. The second kappa shape index (κ2) is 3.65. The fourth-order valence-corrected chi connectivity index (χ4v) is 3.17. The maximum atomic E-state index is 12.1. The Hall–Kier alpha value is -0.370. The van der Waals surface area contributed by atoms with Gasteiger partial charge in [0.05, 0.1) is 6.04 Å². The summed E-state index contributed by atoms with van der Waals surface area (Å²) in [5, 5.41) is 0. The predicted octanol–water partition coefficient (Wildman–Crippen LogP) is 1.97. The van der Waals surface area contributed by atoms with E-state index in [1.807, 2.05) is 13.8 Å². The smallest absolute Gasteiger partial charge is 0.153 e. The Bertz CT molecular complexity index is 236. The zero-order chi connectivity index (χ0) is 10.3. The molecule has 0 spiro atoms. The average Bonchev–Trinajstić information content (AvgIpc) is 2.76. The summed E-state index contributed by atoms with van der Waals surface area (Å²) in [5.41, 5.74) is 5.92. The van der Waals surface area contributed by atoms with Gasteiger partial charge in [0.15, 0.2) is 5.78 Å². The van der Waals surface area contributed by atoms with Crippen LogP contribution in [0.15, 0.2) is 0 Å². The Balaban J connectivity index is 1.99. The number of Topliss-reactive ketones (excluding diaryl/α,β-unsaturated/α-hetero) is 1. The normalized spacial score (nSPS) is 37.9. The van der Waals surface area contributed by atoms with E-state index in [-0.39, 0.29) is 6.04 Å². The molecule has 2 fully saturated rings. The molecule has 0 aliphatic heterocycles. The van der Waals surface area contributed by atoms with Crippen molar-refractivity contribution in [3.05, 3.63) is 0 Å². The molecule has 0 aromatic carbocycles. The molecule has 2 aliphatic carbocycles. The minimum atomic E-state index is -0.223. The minimum Gasteiger partial charge on any atom is -0.321 e. The molecule has 4 atom stereocenters. The average molecular weight is 195 g/mol. The van der Waals surface area contributed by atoms with Gasteiger partial charge in [0.1, 0.15) is 0 Å². The second-order valence-electron chi connectivity index (χ2n) is 5.45. The molecule has 0 amide bonds. The third kappa shape index (κ3) is 1.60. The lowest BCUT2D eigenvalue weighted by Gasteiger charge is -2.25. The van der Waals surface area contributed by atoms with Gasteiger partial charge in [0.2, 0.25) is 0 Å². The third-order valence-corrected chi connectivity index (χ3v) is 4.15. The monoisotopic (exact) mass is 195 g/mol. The first-order chi connectivity index (χ1) is 6.59. The molecule has 2 N–H and O–H groups in total. The van der Waals surface area contributed by atoms with Crippen molar-refractivity contribution in [3.63, 3.8) is 0 Å². The molecule has 2 rings (SSSR count). The van der Waals surface area contributed by atoms with Crippen LogP contribution in [0.4, 0.5) is 0 Å². The summed E-state index contributed by atoms with van der Waals surface area (Å²) in [6.45, 7) is 4.07. The molecule has 2 heteroatoms. The number of hydrogen-bond acceptors (Lipinski definition) is 2. The summed E-state index contributed by atoms with van der Waals surface area (Å²) in [7, 11) is 0. The molecule has 2 aliphatic rings. The molecule has 0 saturated heterocycles.